The fraction of sp³-hybridized carbons (Fsp3) is 0.0588. The van der Waals surface area contributed by atoms with Crippen molar-refractivity contribution >= 4 is 29.2 Å². The molecule has 3 N–H and O–H groups in total. The van der Waals surface area contributed by atoms with Gasteiger partial charge in [-0.1, -0.05) is 41.4 Å². The maximum Gasteiger partial charge on any atom is 0.221 e. The monoisotopic (exact) mass is 345 g/mol. The second kappa shape index (κ2) is 6.07. The number of phenolic OH excluding ortho intramolecular Hbond substituents is 1. The summed E-state index contributed by atoms with van der Waals surface area (Å²) in [6, 6.07) is 12.3. The molecular formula is C17H13Cl2N3O. The van der Waals surface area contributed by atoms with Gasteiger partial charge < -0.3 is 10.8 Å². The summed E-state index contributed by atoms with van der Waals surface area (Å²) in [5.74, 6) is 0.170. The van der Waals surface area contributed by atoms with Gasteiger partial charge in [-0.15, -0.1) is 0 Å². The van der Waals surface area contributed by atoms with Crippen molar-refractivity contribution in [2.24, 2.45) is 0 Å². The van der Waals surface area contributed by atoms with Gasteiger partial charge in [-0.25, -0.2) is 9.97 Å². The quantitative estimate of drug-likeness (QED) is 0.705. The highest BCUT2D eigenvalue weighted by Crippen LogP contribution is 2.35. The number of aryl methyl sites for hydroxylation is 1. The maximum atomic E-state index is 10.2. The maximum absolute atomic E-state index is 10.2. The van der Waals surface area contributed by atoms with E-state index in [1.807, 2.05) is 25.1 Å². The van der Waals surface area contributed by atoms with Crippen LogP contribution in [0.1, 0.15) is 5.56 Å². The summed E-state index contributed by atoms with van der Waals surface area (Å²) in [5.41, 5.74) is 8.88. The molecule has 116 valence electrons. The highest BCUT2D eigenvalue weighted by molar-refractivity contribution is 6.33. The van der Waals surface area contributed by atoms with Gasteiger partial charge in [-0.3, -0.25) is 0 Å². The summed E-state index contributed by atoms with van der Waals surface area (Å²) < 4.78 is 0. The number of nitrogen functional groups attached to an aromatic ring is 1. The van der Waals surface area contributed by atoms with Crippen molar-refractivity contribution in [1.29, 1.82) is 0 Å². The second-order valence-electron chi connectivity index (χ2n) is 5.10. The Balaban J connectivity index is 2.19. The number of halogens is 2. The molecule has 3 aromatic rings. The van der Waals surface area contributed by atoms with Crippen LogP contribution in [0.4, 0.5) is 5.95 Å². The van der Waals surface area contributed by atoms with Crippen molar-refractivity contribution < 1.29 is 5.11 Å². The molecule has 0 radical (unpaired) electrons. The van der Waals surface area contributed by atoms with Crippen LogP contribution in [0, 0.1) is 6.92 Å². The van der Waals surface area contributed by atoms with Gasteiger partial charge in [-0.2, -0.15) is 0 Å². The lowest BCUT2D eigenvalue weighted by Gasteiger charge is -2.10. The Kier molecular flexibility index (Phi) is 4.11. The van der Waals surface area contributed by atoms with E-state index in [9.17, 15) is 5.11 Å². The molecule has 0 saturated heterocycles. The van der Waals surface area contributed by atoms with E-state index in [2.05, 4.69) is 9.97 Å². The molecule has 6 heteroatoms. The van der Waals surface area contributed by atoms with Crippen molar-refractivity contribution in [3.05, 3.63) is 58.1 Å². The Morgan fingerprint density at radius 2 is 1.57 bits per heavy atom. The van der Waals surface area contributed by atoms with E-state index < -0.39 is 0 Å². The lowest BCUT2D eigenvalue weighted by atomic mass is 10.1. The second-order valence-corrected chi connectivity index (χ2v) is 5.91. The van der Waals surface area contributed by atoms with E-state index in [4.69, 9.17) is 28.9 Å². The summed E-state index contributed by atoms with van der Waals surface area (Å²) in [5, 5.41) is 11.3. The van der Waals surface area contributed by atoms with Gasteiger partial charge in [0.05, 0.1) is 11.4 Å². The minimum atomic E-state index is 0.0788. The Labute approximate surface area is 143 Å². The van der Waals surface area contributed by atoms with Gasteiger partial charge in [0.2, 0.25) is 5.95 Å². The van der Waals surface area contributed by atoms with Crippen LogP contribution in [0.25, 0.3) is 22.5 Å². The number of benzene rings is 2. The van der Waals surface area contributed by atoms with Gasteiger partial charge in [-0.05, 0) is 36.8 Å². The summed E-state index contributed by atoms with van der Waals surface area (Å²) in [6.07, 6.45) is 0. The predicted molar refractivity (Wildman–Crippen MR) is 93.7 cm³/mol. The fourth-order valence-electron chi connectivity index (χ4n) is 2.28. The third-order valence-electron chi connectivity index (χ3n) is 3.45. The van der Waals surface area contributed by atoms with Crippen LogP contribution in [0.15, 0.2) is 42.5 Å². The molecule has 3 rings (SSSR count). The first-order valence-electron chi connectivity index (χ1n) is 6.84. The average molecular weight is 346 g/mol. The molecule has 0 bridgehead atoms. The molecule has 4 nitrogen and oxygen atoms in total. The number of nitrogens with two attached hydrogens (primary N) is 1. The predicted octanol–water partition coefficient (Wildman–Crippen LogP) is 4.71. The minimum absolute atomic E-state index is 0.0788. The topological polar surface area (TPSA) is 72.0 Å². The summed E-state index contributed by atoms with van der Waals surface area (Å²) in [7, 11) is 0. The molecule has 0 spiro atoms. The number of aromatic nitrogens is 2. The zero-order valence-electron chi connectivity index (χ0n) is 12.2. The van der Waals surface area contributed by atoms with Crippen LogP contribution >= 0.6 is 23.2 Å². The fourth-order valence-corrected chi connectivity index (χ4v) is 2.68. The zero-order chi connectivity index (χ0) is 16.6. The van der Waals surface area contributed by atoms with Gasteiger partial charge >= 0.3 is 0 Å². The molecule has 23 heavy (non-hydrogen) atoms. The van der Waals surface area contributed by atoms with Gasteiger partial charge in [0, 0.05) is 21.2 Å². The van der Waals surface area contributed by atoms with Crippen molar-refractivity contribution in [3.8, 4) is 28.3 Å². The summed E-state index contributed by atoms with van der Waals surface area (Å²) in [4.78, 5) is 8.42. The van der Waals surface area contributed by atoms with Crippen LogP contribution in [0.5, 0.6) is 5.75 Å². The van der Waals surface area contributed by atoms with E-state index in [0.717, 1.165) is 11.1 Å². The number of anilines is 1. The lowest BCUT2D eigenvalue weighted by Crippen LogP contribution is -1.99. The normalized spacial score (nSPS) is 10.7. The SMILES string of the molecule is Cc1cc(O)c(-c2cc(-c3ccccc3Cl)nc(N)n2)cc1Cl. The van der Waals surface area contributed by atoms with Crippen molar-refractivity contribution in [2.45, 2.75) is 6.92 Å². The first kappa shape index (κ1) is 15.6. The number of nitrogens with zero attached hydrogens (tertiary/aromatic N) is 2. The Morgan fingerprint density at radius 1 is 0.913 bits per heavy atom. The molecule has 0 fully saturated rings. The van der Waals surface area contributed by atoms with Gasteiger partial charge in [0.15, 0.2) is 0 Å². The largest absolute Gasteiger partial charge is 0.507 e. The Bertz CT molecular complexity index is 897. The van der Waals surface area contributed by atoms with Crippen molar-refractivity contribution in [3.63, 3.8) is 0 Å². The summed E-state index contributed by atoms with van der Waals surface area (Å²) in [6.45, 7) is 1.81. The third kappa shape index (κ3) is 3.09. The smallest absolute Gasteiger partial charge is 0.221 e. The lowest BCUT2D eigenvalue weighted by molar-refractivity contribution is 0.476. The summed E-state index contributed by atoms with van der Waals surface area (Å²) >= 11 is 12.4. The van der Waals surface area contributed by atoms with E-state index in [-0.39, 0.29) is 11.7 Å². The van der Waals surface area contributed by atoms with E-state index >= 15 is 0 Å². The van der Waals surface area contributed by atoms with Gasteiger partial charge in [0.1, 0.15) is 5.75 Å². The number of hydrogen-bond acceptors (Lipinski definition) is 4. The van der Waals surface area contributed by atoms with Crippen molar-refractivity contribution in [1.82, 2.24) is 9.97 Å². The highest BCUT2D eigenvalue weighted by atomic mass is 35.5. The molecule has 0 atom stereocenters. The van der Waals surface area contributed by atoms with Crippen LogP contribution < -0.4 is 5.73 Å². The molecule has 0 aliphatic heterocycles. The molecule has 0 saturated carbocycles. The molecule has 0 amide bonds. The van der Waals surface area contributed by atoms with Crippen molar-refractivity contribution in [2.75, 3.05) is 5.73 Å². The van der Waals surface area contributed by atoms with E-state index in [1.165, 1.54) is 0 Å². The number of aromatic hydroxyl groups is 1. The number of hydrogen-bond donors (Lipinski definition) is 2. The number of phenols is 1. The molecule has 1 heterocycles. The van der Waals surface area contributed by atoms with Crippen LogP contribution in [-0.2, 0) is 0 Å². The third-order valence-corrected chi connectivity index (χ3v) is 4.18. The molecule has 0 aliphatic carbocycles. The first-order valence-corrected chi connectivity index (χ1v) is 7.60. The van der Waals surface area contributed by atoms with Crippen LogP contribution in [-0.4, -0.2) is 15.1 Å². The minimum Gasteiger partial charge on any atom is -0.507 e. The van der Waals surface area contributed by atoms with Gasteiger partial charge in [0.25, 0.3) is 0 Å². The van der Waals surface area contributed by atoms with Crippen LogP contribution in [0.2, 0.25) is 10.0 Å². The van der Waals surface area contributed by atoms with Crippen LogP contribution in [0.3, 0.4) is 0 Å². The molecule has 0 unspecified atom stereocenters. The molecule has 1 aromatic heterocycles. The molecular weight excluding hydrogens is 333 g/mol. The molecule has 0 aliphatic rings. The zero-order valence-corrected chi connectivity index (χ0v) is 13.7. The molecule has 2 aromatic carbocycles. The first-order chi connectivity index (χ1) is 11.0. The number of rotatable bonds is 2. The van der Waals surface area contributed by atoms with E-state index in [1.54, 1.807) is 24.3 Å². The highest BCUT2D eigenvalue weighted by Gasteiger charge is 2.13. The Hall–Kier alpha value is -2.30. The standard InChI is InChI=1S/C17H13Cl2N3O/c1-9-6-16(23)11(7-13(9)19)15-8-14(21-17(20)22-15)10-4-2-3-5-12(10)18/h2-8,23H,1H3,(H2,20,21,22). The van der Waals surface area contributed by atoms with E-state index in [0.29, 0.717) is 27.0 Å². The Morgan fingerprint density at radius 3 is 2.26 bits per heavy atom. The average Bonchev–Trinajstić information content (AvgIpc) is 2.50.